The summed E-state index contributed by atoms with van der Waals surface area (Å²) in [6.45, 7) is 1.69. The standard InChI is InChI=1S/C10H11BrN4/c11-9-4-2-1-3-8(9)7-14-15-10-12-5-6-13-10/h1-4,7H,5-6H2,(H2,12,13,15). The first-order valence-corrected chi connectivity index (χ1v) is 5.47. The zero-order valence-corrected chi connectivity index (χ0v) is 9.66. The summed E-state index contributed by atoms with van der Waals surface area (Å²) in [4.78, 5) is 4.16. The van der Waals surface area contributed by atoms with Gasteiger partial charge in [0.05, 0.1) is 12.8 Å². The maximum absolute atomic E-state index is 4.16. The Balaban J connectivity index is 1.96. The van der Waals surface area contributed by atoms with Gasteiger partial charge < -0.3 is 5.32 Å². The molecule has 0 atom stereocenters. The van der Waals surface area contributed by atoms with Crippen LogP contribution in [0, 0.1) is 0 Å². The molecule has 1 aliphatic rings. The van der Waals surface area contributed by atoms with Gasteiger partial charge in [-0.1, -0.05) is 34.1 Å². The third-order valence-corrected chi connectivity index (χ3v) is 2.68. The molecular formula is C10H11BrN4. The smallest absolute Gasteiger partial charge is 0.212 e. The van der Waals surface area contributed by atoms with Crippen molar-refractivity contribution in [2.75, 3.05) is 13.1 Å². The molecule has 15 heavy (non-hydrogen) atoms. The van der Waals surface area contributed by atoms with E-state index in [-0.39, 0.29) is 0 Å². The van der Waals surface area contributed by atoms with Crippen molar-refractivity contribution in [3.63, 3.8) is 0 Å². The molecular weight excluding hydrogens is 256 g/mol. The SMILES string of the molecule is Brc1ccccc1C=NNC1=NCCN1. The summed E-state index contributed by atoms with van der Waals surface area (Å²) in [5, 5.41) is 7.16. The quantitative estimate of drug-likeness (QED) is 0.627. The largest absolute Gasteiger partial charge is 0.353 e. The Morgan fingerprint density at radius 3 is 3.07 bits per heavy atom. The van der Waals surface area contributed by atoms with Crippen molar-refractivity contribution < 1.29 is 0 Å². The molecule has 0 saturated carbocycles. The fraction of sp³-hybridized carbons (Fsp3) is 0.200. The maximum Gasteiger partial charge on any atom is 0.212 e. The highest BCUT2D eigenvalue weighted by Crippen LogP contribution is 2.13. The van der Waals surface area contributed by atoms with Gasteiger partial charge in [0.2, 0.25) is 5.96 Å². The third-order valence-electron chi connectivity index (χ3n) is 1.95. The van der Waals surface area contributed by atoms with Crippen LogP contribution >= 0.6 is 15.9 Å². The zero-order valence-electron chi connectivity index (χ0n) is 8.07. The topological polar surface area (TPSA) is 48.8 Å². The number of hydrogen-bond acceptors (Lipinski definition) is 4. The Labute approximate surface area is 96.6 Å². The van der Waals surface area contributed by atoms with E-state index in [9.17, 15) is 0 Å². The average Bonchev–Trinajstić information content (AvgIpc) is 2.74. The summed E-state index contributed by atoms with van der Waals surface area (Å²) in [6, 6.07) is 7.90. The van der Waals surface area contributed by atoms with Crippen LogP contribution in [0.5, 0.6) is 0 Å². The van der Waals surface area contributed by atoms with Crippen molar-refractivity contribution in [2.24, 2.45) is 10.1 Å². The van der Waals surface area contributed by atoms with Crippen molar-refractivity contribution in [3.05, 3.63) is 34.3 Å². The van der Waals surface area contributed by atoms with E-state index in [2.05, 4.69) is 36.8 Å². The van der Waals surface area contributed by atoms with Crippen LogP contribution in [-0.4, -0.2) is 25.3 Å². The molecule has 78 valence electrons. The lowest BCUT2D eigenvalue weighted by molar-refractivity contribution is 0.920. The molecule has 1 heterocycles. The Hall–Kier alpha value is -1.36. The van der Waals surface area contributed by atoms with E-state index in [1.165, 1.54) is 0 Å². The minimum Gasteiger partial charge on any atom is -0.353 e. The molecule has 5 heteroatoms. The molecule has 0 aromatic heterocycles. The normalized spacial score (nSPS) is 15.1. The number of benzene rings is 1. The first-order valence-electron chi connectivity index (χ1n) is 4.68. The predicted molar refractivity (Wildman–Crippen MR) is 65.2 cm³/mol. The van der Waals surface area contributed by atoms with Crippen LogP contribution in [0.25, 0.3) is 0 Å². The molecule has 1 aromatic rings. The van der Waals surface area contributed by atoms with Crippen molar-refractivity contribution >= 4 is 28.1 Å². The van der Waals surface area contributed by atoms with Crippen molar-refractivity contribution in [1.29, 1.82) is 0 Å². The Morgan fingerprint density at radius 1 is 1.47 bits per heavy atom. The lowest BCUT2D eigenvalue weighted by atomic mass is 10.2. The minimum absolute atomic E-state index is 0.735. The lowest BCUT2D eigenvalue weighted by Crippen LogP contribution is -2.30. The Morgan fingerprint density at radius 2 is 2.33 bits per heavy atom. The number of rotatable bonds is 2. The molecule has 2 rings (SSSR count). The molecule has 0 saturated heterocycles. The van der Waals surface area contributed by atoms with Crippen LogP contribution in [0.2, 0.25) is 0 Å². The molecule has 0 radical (unpaired) electrons. The van der Waals surface area contributed by atoms with Gasteiger partial charge >= 0.3 is 0 Å². The summed E-state index contributed by atoms with van der Waals surface area (Å²) >= 11 is 3.45. The molecule has 0 unspecified atom stereocenters. The third kappa shape index (κ3) is 2.79. The molecule has 2 N–H and O–H groups in total. The minimum atomic E-state index is 0.735. The highest BCUT2D eigenvalue weighted by Gasteiger charge is 2.01. The second-order valence-corrected chi connectivity index (χ2v) is 3.90. The second-order valence-electron chi connectivity index (χ2n) is 3.05. The van der Waals surface area contributed by atoms with E-state index < -0.39 is 0 Å². The van der Waals surface area contributed by atoms with Crippen LogP contribution in [0.15, 0.2) is 38.8 Å². The first-order chi connectivity index (χ1) is 7.36. The van der Waals surface area contributed by atoms with Crippen molar-refractivity contribution in [2.45, 2.75) is 0 Å². The average molecular weight is 267 g/mol. The van der Waals surface area contributed by atoms with Crippen molar-refractivity contribution in [3.8, 4) is 0 Å². The van der Waals surface area contributed by atoms with Crippen LogP contribution in [0.4, 0.5) is 0 Å². The van der Waals surface area contributed by atoms with Crippen LogP contribution in [-0.2, 0) is 0 Å². The van der Waals surface area contributed by atoms with Crippen LogP contribution < -0.4 is 10.7 Å². The molecule has 0 spiro atoms. The number of hydrogen-bond donors (Lipinski definition) is 2. The molecule has 0 amide bonds. The van der Waals surface area contributed by atoms with Crippen LogP contribution in [0.3, 0.4) is 0 Å². The summed E-state index contributed by atoms with van der Waals surface area (Å²) in [5.41, 5.74) is 3.88. The summed E-state index contributed by atoms with van der Waals surface area (Å²) in [6.07, 6.45) is 1.76. The van der Waals surface area contributed by atoms with Gasteiger partial charge in [-0.3, -0.25) is 0 Å². The van der Waals surface area contributed by atoms with Gasteiger partial charge in [-0.2, -0.15) is 5.10 Å². The van der Waals surface area contributed by atoms with Gasteiger partial charge in [0, 0.05) is 16.6 Å². The summed E-state index contributed by atoms with van der Waals surface area (Å²) in [5.74, 6) is 0.735. The van der Waals surface area contributed by atoms with Gasteiger partial charge in [-0.05, 0) is 6.07 Å². The first kappa shape index (κ1) is 10.2. The van der Waals surface area contributed by atoms with Gasteiger partial charge in [-0.15, -0.1) is 0 Å². The maximum atomic E-state index is 4.16. The number of guanidine groups is 1. The lowest BCUT2D eigenvalue weighted by Gasteiger charge is -2.00. The number of nitrogens with one attached hydrogen (secondary N) is 2. The Bertz CT molecular complexity index is 400. The number of nitrogens with zero attached hydrogens (tertiary/aromatic N) is 2. The number of hydrazone groups is 1. The molecule has 1 aromatic carbocycles. The molecule has 1 aliphatic heterocycles. The van der Waals surface area contributed by atoms with E-state index in [1.54, 1.807) is 6.21 Å². The van der Waals surface area contributed by atoms with Gasteiger partial charge in [0.1, 0.15) is 0 Å². The summed E-state index contributed by atoms with van der Waals surface area (Å²) in [7, 11) is 0. The van der Waals surface area contributed by atoms with Gasteiger partial charge in [-0.25, -0.2) is 10.4 Å². The number of halogens is 1. The second kappa shape index (κ2) is 4.93. The Kier molecular flexibility index (Phi) is 3.34. The van der Waals surface area contributed by atoms with E-state index in [1.807, 2.05) is 24.3 Å². The molecule has 4 nitrogen and oxygen atoms in total. The fourth-order valence-electron chi connectivity index (χ4n) is 1.22. The highest BCUT2D eigenvalue weighted by molar-refractivity contribution is 9.10. The molecule has 0 fully saturated rings. The highest BCUT2D eigenvalue weighted by atomic mass is 79.9. The fourth-order valence-corrected chi connectivity index (χ4v) is 1.60. The van der Waals surface area contributed by atoms with E-state index in [0.717, 1.165) is 29.1 Å². The molecule has 0 aliphatic carbocycles. The van der Waals surface area contributed by atoms with Gasteiger partial charge in [0.25, 0.3) is 0 Å². The predicted octanol–water partition coefficient (Wildman–Crippen LogP) is 1.33. The van der Waals surface area contributed by atoms with E-state index >= 15 is 0 Å². The zero-order chi connectivity index (χ0) is 10.5. The van der Waals surface area contributed by atoms with Crippen molar-refractivity contribution in [1.82, 2.24) is 10.7 Å². The van der Waals surface area contributed by atoms with Crippen LogP contribution in [0.1, 0.15) is 5.56 Å². The molecule has 0 bridgehead atoms. The monoisotopic (exact) mass is 266 g/mol. The number of aliphatic imine (C=N–C) groups is 1. The van der Waals surface area contributed by atoms with E-state index in [4.69, 9.17) is 0 Å². The van der Waals surface area contributed by atoms with E-state index in [0.29, 0.717) is 0 Å². The van der Waals surface area contributed by atoms with Gasteiger partial charge in [0.15, 0.2) is 0 Å². The summed E-state index contributed by atoms with van der Waals surface area (Å²) < 4.78 is 1.02.